The van der Waals surface area contributed by atoms with Gasteiger partial charge < -0.3 is 5.32 Å². The third kappa shape index (κ3) is 6.41. The Hall–Kier alpha value is -0.900. The molecule has 1 rings (SSSR count). The zero-order valence-electron chi connectivity index (χ0n) is 10.6. The first-order valence-electron chi connectivity index (χ1n) is 6.51. The van der Waals surface area contributed by atoms with E-state index < -0.39 is 0 Å². The predicted octanol–water partition coefficient (Wildman–Crippen LogP) is 3.62. The Kier molecular flexibility index (Phi) is 7.63. The molecule has 1 amide bonds. The van der Waals surface area contributed by atoms with Gasteiger partial charge in [0, 0.05) is 11.9 Å². The molecule has 0 aliphatic heterocycles. The molecule has 0 unspecified atom stereocenters. The van der Waals surface area contributed by atoms with Crippen LogP contribution >= 0.6 is 11.3 Å². The van der Waals surface area contributed by atoms with E-state index in [0.29, 0.717) is 5.69 Å². The van der Waals surface area contributed by atoms with Crippen molar-refractivity contribution in [3.05, 3.63) is 16.6 Å². The van der Waals surface area contributed by atoms with Gasteiger partial charge in [-0.2, -0.15) is 0 Å². The van der Waals surface area contributed by atoms with E-state index in [1.165, 1.54) is 49.9 Å². The van der Waals surface area contributed by atoms with Crippen LogP contribution in [0.2, 0.25) is 0 Å². The molecule has 96 valence electrons. The Bertz CT molecular complexity index is 298. The summed E-state index contributed by atoms with van der Waals surface area (Å²) in [6.45, 7) is 3.00. The maximum atomic E-state index is 11.5. The van der Waals surface area contributed by atoms with E-state index in [4.69, 9.17) is 0 Å². The van der Waals surface area contributed by atoms with Gasteiger partial charge in [-0.15, -0.1) is 11.3 Å². The van der Waals surface area contributed by atoms with Gasteiger partial charge in [0.25, 0.3) is 5.91 Å². The van der Waals surface area contributed by atoms with Crippen LogP contribution in [-0.2, 0) is 0 Å². The van der Waals surface area contributed by atoms with Crippen LogP contribution in [0.3, 0.4) is 0 Å². The molecule has 1 aromatic rings. The second kappa shape index (κ2) is 9.16. The van der Waals surface area contributed by atoms with Crippen molar-refractivity contribution in [2.24, 2.45) is 0 Å². The van der Waals surface area contributed by atoms with E-state index in [0.717, 1.165) is 13.0 Å². The van der Waals surface area contributed by atoms with Gasteiger partial charge in [0.2, 0.25) is 0 Å². The summed E-state index contributed by atoms with van der Waals surface area (Å²) in [7, 11) is 0. The van der Waals surface area contributed by atoms with Crippen LogP contribution in [0.25, 0.3) is 0 Å². The van der Waals surface area contributed by atoms with E-state index in [1.807, 2.05) is 0 Å². The van der Waals surface area contributed by atoms with Crippen molar-refractivity contribution in [2.75, 3.05) is 6.54 Å². The van der Waals surface area contributed by atoms with Gasteiger partial charge in [-0.05, 0) is 6.42 Å². The van der Waals surface area contributed by atoms with Gasteiger partial charge in [-0.1, -0.05) is 45.4 Å². The molecule has 0 aromatic carbocycles. The van der Waals surface area contributed by atoms with Crippen LogP contribution in [0.4, 0.5) is 0 Å². The summed E-state index contributed by atoms with van der Waals surface area (Å²) in [5.74, 6) is -0.0442. The molecule has 1 heterocycles. The molecular formula is C13H22N2OS. The minimum Gasteiger partial charge on any atom is -0.351 e. The molecule has 17 heavy (non-hydrogen) atoms. The largest absolute Gasteiger partial charge is 0.351 e. The summed E-state index contributed by atoms with van der Waals surface area (Å²) >= 11 is 1.45. The zero-order chi connectivity index (χ0) is 12.3. The number of nitrogens with zero attached hydrogens (tertiary/aromatic N) is 1. The Balaban J connectivity index is 1.92. The molecular weight excluding hydrogens is 232 g/mol. The lowest BCUT2D eigenvalue weighted by molar-refractivity contribution is 0.0948. The van der Waals surface area contributed by atoms with Crippen LogP contribution in [-0.4, -0.2) is 17.4 Å². The van der Waals surface area contributed by atoms with Gasteiger partial charge in [-0.25, -0.2) is 4.98 Å². The summed E-state index contributed by atoms with van der Waals surface area (Å²) < 4.78 is 0. The molecule has 0 saturated carbocycles. The third-order valence-electron chi connectivity index (χ3n) is 2.73. The number of thiazole rings is 1. The van der Waals surface area contributed by atoms with E-state index in [1.54, 1.807) is 10.9 Å². The Morgan fingerprint density at radius 3 is 2.59 bits per heavy atom. The second-order valence-electron chi connectivity index (χ2n) is 4.25. The number of carbonyl (C=O) groups is 1. The molecule has 0 fully saturated rings. The molecule has 0 atom stereocenters. The van der Waals surface area contributed by atoms with Gasteiger partial charge in [0.05, 0.1) is 5.51 Å². The number of hydrogen-bond acceptors (Lipinski definition) is 3. The highest BCUT2D eigenvalue weighted by Gasteiger charge is 2.05. The Morgan fingerprint density at radius 2 is 1.94 bits per heavy atom. The number of nitrogens with one attached hydrogen (secondary N) is 1. The lowest BCUT2D eigenvalue weighted by Gasteiger charge is -2.03. The summed E-state index contributed by atoms with van der Waals surface area (Å²) in [6.07, 6.45) is 8.88. The quantitative estimate of drug-likeness (QED) is 0.684. The monoisotopic (exact) mass is 254 g/mol. The lowest BCUT2D eigenvalue weighted by Crippen LogP contribution is -2.24. The molecule has 1 N–H and O–H groups in total. The Morgan fingerprint density at radius 1 is 1.24 bits per heavy atom. The number of amides is 1. The average molecular weight is 254 g/mol. The predicted molar refractivity (Wildman–Crippen MR) is 72.4 cm³/mol. The van der Waals surface area contributed by atoms with Crippen LogP contribution in [0.1, 0.15) is 62.4 Å². The maximum Gasteiger partial charge on any atom is 0.270 e. The zero-order valence-corrected chi connectivity index (χ0v) is 11.4. The molecule has 0 saturated heterocycles. The summed E-state index contributed by atoms with van der Waals surface area (Å²) in [6, 6.07) is 0. The number of carbonyl (C=O) groups excluding carboxylic acids is 1. The van der Waals surface area contributed by atoms with Crippen molar-refractivity contribution < 1.29 is 4.79 Å². The first kappa shape index (κ1) is 14.2. The minimum atomic E-state index is -0.0442. The highest BCUT2D eigenvalue weighted by molar-refractivity contribution is 7.07. The van der Waals surface area contributed by atoms with Gasteiger partial charge in [0.1, 0.15) is 5.69 Å². The minimum absolute atomic E-state index is 0.0442. The highest BCUT2D eigenvalue weighted by Crippen LogP contribution is 2.06. The topological polar surface area (TPSA) is 42.0 Å². The second-order valence-corrected chi connectivity index (χ2v) is 4.97. The fourth-order valence-electron chi connectivity index (χ4n) is 1.70. The fourth-order valence-corrected chi connectivity index (χ4v) is 2.23. The Labute approximate surface area is 108 Å². The van der Waals surface area contributed by atoms with Crippen molar-refractivity contribution in [1.82, 2.24) is 10.3 Å². The lowest BCUT2D eigenvalue weighted by atomic mass is 10.1. The molecule has 3 nitrogen and oxygen atoms in total. The maximum absolute atomic E-state index is 11.5. The van der Waals surface area contributed by atoms with Crippen molar-refractivity contribution >= 4 is 17.2 Å². The van der Waals surface area contributed by atoms with Crippen molar-refractivity contribution in [3.8, 4) is 0 Å². The summed E-state index contributed by atoms with van der Waals surface area (Å²) in [5, 5.41) is 4.67. The fraction of sp³-hybridized carbons (Fsp3) is 0.692. The molecule has 0 bridgehead atoms. The molecule has 0 aliphatic rings. The number of unbranched alkanes of at least 4 members (excludes halogenated alkanes) is 6. The smallest absolute Gasteiger partial charge is 0.270 e. The SMILES string of the molecule is CCCCCCCCCNC(=O)c1cscn1. The van der Waals surface area contributed by atoms with Crippen molar-refractivity contribution in [2.45, 2.75) is 51.9 Å². The normalized spacial score (nSPS) is 10.4. The number of hydrogen-bond donors (Lipinski definition) is 1. The van der Waals surface area contributed by atoms with Gasteiger partial charge in [-0.3, -0.25) is 4.79 Å². The molecule has 0 spiro atoms. The van der Waals surface area contributed by atoms with Crippen LogP contribution in [0.15, 0.2) is 10.9 Å². The van der Waals surface area contributed by atoms with Crippen LogP contribution in [0, 0.1) is 0 Å². The first-order valence-corrected chi connectivity index (χ1v) is 7.45. The van der Waals surface area contributed by atoms with Crippen LogP contribution < -0.4 is 5.32 Å². The van der Waals surface area contributed by atoms with Gasteiger partial charge in [0.15, 0.2) is 0 Å². The number of aromatic nitrogens is 1. The van der Waals surface area contributed by atoms with E-state index >= 15 is 0 Å². The van der Waals surface area contributed by atoms with E-state index in [9.17, 15) is 4.79 Å². The number of rotatable bonds is 9. The standard InChI is InChI=1S/C13H22N2OS/c1-2-3-4-5-6-7-8-9-14-13(16)12-10-17-11-15-12/h10-11H,2-9H2,1H3,(H,14,16). The van der Waals surface area contributed by atoms with Crippen molar-refractivity contribution in [1.29, 1.82) is 0 Å². The molecule has 0 radical (unpaired) electrons. The van der Waals surface area contributed by atoms with E-state index in [-0.39, 0.29) is 5.91 Å². The molecule has 0 aliphatic carbocycles. The first-order chi connectivity index (χ1) is 8.34. The average Bonchev–Trinajstić information content (AvgIpc) is 2.86. The van der Waals surface area contributed by atoms with Gasteiger partial charge >= 0.3 is 0 Å². The van der Waals surface area contributed by atoms with Crippen LogP contribution in [0.5, 0.6) is 0 Å². The molecule has 4 heteroatoms. The summed E-state index contributed by atoms with van der Waals surface area (Å²) in [4.78, 5) is 15.5. The third-order valence-corrected chi connectivity index (χ3v) is 3.32. The molecule has 1 aromatic heterocycles. The van der Waals surface area contributed by atoms with Crippen molar-refractivity contribution in [3.63, 3.8) is 0 Å². The van der Waals surface area contributed by atoms with E-state index in [2.05, 4.69) is 17.2 Å². The highest BCUT2D eigenvalue weighted by atomic mass is 32.1. The summed E-state index contributed by atoms with van der Waals surface area (Å²) in [5.41, 5.74) is 2.22.